The van der Waals surface area contributed by atoms with Crippen LogP contribution in [0.15, 0.2) is 103 Å². The maximum atomic E-state index is 11.6. The van der Waals surface area contributed by atoms with E-state index in [1.54, 1.807) is 89.4 Å². The van der Waals surface area contributed by atoms with Crippen molar-refractivity contribution < 1.29 is 38.0 Å². The molecule has 0 aliphatic heterocycles. The number of methoxy groups -OCH3 is 3. The molecule has 292 valence electrons. The zero-order valence-electron chi connectivity index (χ0n) is 31.6. The molecule has 0 aliphatic rings. The number of hydrazine groups is 1. The predicted molar refractivity (Wildman–Crippen MR) is 208 cm³/mol. The normalized spacial score (nSPS) is 9.96. The highest BCUT2D eigenvalue weighted by atomic mass is 16.5. The summed E-state index contributed by atoms with van der Waals surface area (Å²) >= 11 is 0. The van der Waals surface area contributed by atoms with Crippen molar-refractivity contribution in [3.8, 4) is 34.7 Å². The van der Waals surface area contributed by atoms with Crippen LogP contribution in [0.1, 0.15) is 31.1 Å². The van der Waals surface area contributed by atoms with Gasteiger partial charge in [0.25, 0.3) is 0 Å². The average molecular weight is 758 g/mol. The Morgan fingerprint density at radius 2 is 1.25 bits per heavy atom. The molecule has 0 atom stereocenters. The lowest BCUT2D eigenvalue weighted by molar-refractivity contribution is -0.138. The molecule has 17 heteroatoms. The van der Waals surface area contributed by atoms with Gasteiger partial charge in [-0.2, -0.15) is 15.5 Å². The molecule has 5 aromatic rings. The molecule has 0 fully saturated rings. The summed E-state index contributed by atoms with van der Waals surface area (Å²) < 4.78 is 32.5. The molecule has 2 aromatic heterocycles. The van der Waals surface area contributed by atoms with E-state index in [4.69, 9.17) is 46.3 Å². The first-order valence-corrected chi connectivity index (χ1v) is 16.7. The lowest BCUT2D eigenvalue weighted by Crippen LogP contribution is -2.08. The van der Waals surface area contributed by atoms with Crippen molar-refractivity contribution in [2.75, 3.05) is 58.0 Å². The summed E-state index contributed by atoms with van der Waals surface area (Å²) in [4.78, 5) is 22.5. The largest absolute Gasteiger partial charge is 0.500 e. The van der Waals surface area contributed by atoms with Gasteiger partial charge >= 0.3 is 11.9 Å². The molecule has 5 rings (SSSR count). The third kappa shape index (κ3) is 14.0. The first kappa shape index (κ1) is 44.0. The van der Waals surface area contributed by atoms with E-state index in [1.807, 2.05) is 48.5 Å². The number of carbonyl (C=O) groups excluding carboxylic acids is 2. The summed E-state index contributed by atoms with van der Waals surface area (Å²) in [6, 6.07) is 25.6. The minimum atomic E-state index is -0.645. The second-order valence-corrected chi connectivity index (χ2v) is 10.3. The van der Waals surface area contributed by atoms with Crippen LogP contribution < -0.4 is 36.9 Å². The molecule has 17 nitrogen and oxygen atoms in total. The number of nitriles is 1. The first-order chi connectivity index (χ1) is 26.6. The maximum absolute atomic E-state index is 11.6. The molecule has 0 amide bonds. The SMILES string of the molecule is CCO/C=C(\C#N)C(=O)OCC.CCOC(=O)c1cnn(-c2ccc(OC)cc2)c1N.COc1ccc(-n2nccc2N)cc1.COc1ccc(NN)cc1. The number of nitrogens with two attached hydrogens (primary N) is 3. The number of carbonyl (C=O) groups is 2. The molecule has 0 saturated carbocycles. The van der Waals surface area contributed by atoms with Crippen LogP contribution in [-0.2, 0) is 19.0 Å². The van der Waals surface area contributed by atoms with E-state index in [-0.39, 0.29) is 23.6 Å². The second kappa shape index (κ2) is 24.1. The fraction of sp³-hybridized carbons (Fsp3) is 0.237. The third-order valence-corrected chi connectivity index (χ3v) is 6.85. The van der Waals surface area contributed by atoms with Crippen molar-refractivity contribution in [3.05, 3.63) is 109 Å². The van der Waals surface area contributed by atoms with Crippen LogP contribution in [0.4, 0.5) is 17.3 Å². The number of ether oxygens (including phenoxy) is 6. The van der Waals surface area contributed by atoms with Gasteiger partial charge in [-0.25, -0.2) is 19.0 Å². The van der Waals surface area contributed by atoms with Gasteiger partial charge in [-0.3, -0.25) is 5.84 Å². The molecule has 0 unspecified atom stereocenters. The molecular weight excluding hydrogens is 710 g/mol. The number of benzene rings is 3. The van der Waals surface area contributed by atoms with Gasteiger partial charge < -0.3 is 45.3 Å². The summed E-state index contributed by atoms with van der Waals surface area (Å²) in [7, 11) is 4.86. The van der Waals surface area contributed by atoms with Gasteiger partial charge in [0.2, 0.25) is 0 Å². The van der Waals surface area contributed by atoms with Gasteiger partial charge in [0.15, 0.2) is 5.57 Å². The van der Waals surface area contributed by atoms with Crippen LogP contribution in [0.3, 0.4) is 0 Å². The molecule has 3 aromatic carbocycles. The molecule has 0 bridgehead atoms. The number of nitrogens with zero attached hydrogens (tertiary/aromatic N) is 5. The van der Waals surface area contributed by atoms with Crippen molar-refractivity contribution in [3.63, 3.8) is 0 Å². The van der Waals surface area contributed by atoms with E-state index in [0.717, 1.165) is 40.6 Å². The van der Waals surface area contributed by atoms with Crippen LogP contribution in [0.2, 0.25) is 0 Å². The van der Waals surface area contributed by atoms with Gasteiger partial charge in [0.05, 0.1) is 64.9 Å². The number of anilines is 3. The van der Waals surface area contributed by atoms with Crippen molar-refractivity contribution in [2.24, 2.45) is 5.84 Å². The summed E-state index contributed by atoms with van der Waals surface area (Å²) in [5, 5.41) is 16.6. The highest BCUT2D eigenvalue weighted by Gasteiger charge is 2.17. The van der Waals surface area contributed by atoms with Gasteiger partial charge in [0.1, 0.15) is 46.8 Å². The summed E-state index contributed by atoms with van der Waals surface area (Å²) in [5.74, 6) is 7.29. The predicted octanol–water partition coefficient (Wildman–Crippen LogP) is 5.08. The van der Waals surface area contributed by atoms with Gasteiger partial charge in [-0.15, -0.1) is 0 Å². The fourth-order valence-corrected chi connectivity index (χ4v) is 4.09. The Balaban J connectivity index is 0.000000261. The monoisotopic (exact) mass is 757 g/mol. The number of aromatic nitrogens is 4. The van der Waals surface area contributed by atoms with Crippen LogP contribution in [0.5, 0.6) is 17.2 Å². The number of rotatable bonds is 12. The molecule has 55 heavy (non-hydrogen) atoms. The van der Waals surface area contributed by atoms with Crippen LogP contribution in [0.25, 0.3) is 11.4 Å². The van der Waals surface area contributed by atoms with E-state index >= 15 is 0 Å². The zero-order chi connectivity index (χ0) is 40.6. The lowest BCUT2D eigenvalue weighted by atomic mass is 10.3. The van der Waals surface area contributed by atoms with Gasteiger partial charge in [-0.1, -0.05) is 0 Å². The maximum Gasteiger partial charge on any atom is 0.352 e. The molecule has 0 saturated heterocycles. The van der Waals surface area contributed by atoms with Crippen molar-refractivity contribution >= 4 is 29.3 Å². The van der Waals surface area contributed by atoms with E-state index in [1.165, 1.54) is 10.9 Å². The van der Waals surface area contributed by atoms with E-state index in [9.17, 15) is 9.59 Å². The number of hydrogen-bond donors (Lipinski definition) is 4. The Morgan fingerprint density at radius 1 is 0.745 bits per heavy atom. The van der Waals surface area contributed by atoms with Crippen LogP contribution >= 0.6 is 0 Å². The highest BCUT2D eigenvalue weighted by Crippen LogP contribution is 2.21. The molecule has 7 N–H and O–H groups in total. The van der Waals surface area contributed by atoms with Crippen molar-refractivity contribution in [1.82, 2.24) is 19.6 Å². The molecule has 2 heterocycles. The van der Waals surface area contributed by atoms with E-state index in [0.29, 0.717) is 19.0 Å². The number of hydrogen-bond acceptors (Lipinski definition) is 15. The van der Waals surface area contributed by atoms with E-state index < -0.39 is 11.9 Å². The smallest absolute Gasteiger partial charge is 0.352 e. The van der Waals surface area contributed by atoms with Crippen molar-refractivity contribution in [1.29, 1.82) is 5.26 Å². The first-order valence-electron chi connectivity index (χ1n) is 16.7. The summed E-state index contributed by atoms with van der Waals surface area (Å²) in [6.45, 7) is 6.15. The average Bonchev–Trinajstić information content (AvgIpc) is 3.84. The molecule has 0 aliphatic carbocycles. The van der Waals surface area contributed by atoms with Crippen LogP contribution in [0, 0.1) is 11.3 Å². The topological polar surface area (TPSA) is 239 Å². The zero-order valence-corrected chi connectivity index (χ0v) is 31.6. The number of nitrogen functional groups attached to an aromatic ring is 3. The van der Waals surface area contributed by atoms with Crippen molar-refractivity contribution in [2.45, 2.75) is 20.8 Å². The summed E-state index contributed by atoms with van der Waals surface area (Å²) in [5.41, 5.74) is 16.8. The standard InChI is InChI=1S/C13H15N3O3.C10H11N3O.C8H11NO3.C7H10N2O/c1-3-19-13(17)11-8-15-16(12(11)14)9-4-6-10(18-2)7-5-9;1-14-9-4-2-8(3-5-9)13-10(11)6-7-12-13;1-3-11-6-7(5-9)8(10)12-4-2;1-10-7-4-2-6(9-8)3-5-7/h4-8H,3,14H2,1-2H3;2-7H,11H2,1H3;6H,3-4H2,1-2H3;2-5,9H,8H2,1H3/b;;7-6+;. The fourth-order valence-electron chi connectivity index (χ4n) is 4.09. The Morgan fingerprint density at radius 3 is 1.67 bits per heavy atom. The Bertz CT molecular complexity index is 1930. The Hall–Kier alpha value is -7.19. The highest BCUT2D eigenvalue weighted by molar-refractivity contribution is 5.94. The molecular formula is C38H47N9O8. The van der Waals surface area contributed by atoms with Gasteiger partial charge in [0, 0.05) is 11.8 Å². The Kier molecular flexibility index (Phi) is 19.3. The molecule has 0 spiro atoms. The van der Waals surface area contributed by atoms with Crippen LogP contribution in [-0.4, -0.2) is 72.6 Å². The van der Waals surface area contributed by atoms with Gasteiger partial charge in [-0.05, 0) is 93.6 Å². The summed E-state index contributed by atoms with van der Waals surface area (Å²) in [6.07, 6.45) is 4.18. The second-order valence-electron chi connectivity index (χ2n) is 10.3. The number of nitrogens with one attached hydrogen (secondary N) is 1. The molecule has 0 radical (unpaired) electrons. The Labute approximate surface area is 319 Å². The third-order valence-electron chi connectivity index (χ3n) is 6.85. The van der Waals surface area contributed by atoms with E-state index in [2.05, 4.69) is 20.4 Å². The lowest BCUT2D eigenvalue weighted by Gasteiger charge is -2.06. The minimum Gasteiger partial charge on any atom is -0.500 e. The number of esters is 2. The quantitative estimate of drug-likeness (QED) is 0.0324. The minimum absolute atomic E-state index is 0.112.